The maximum Gasteiger partial charge on any atom is 0.117 e. The van der Waals surface area contributed by atoms with Crippen molar-refractivity contribution in [2.75, 3.05) is 13.6 Å². The third-order valence-electron chi connectivity index (χ3n) is 2.13. The fourth-order valence-corrected chi connectivity index (χ4v) is 1.40. The number of phenols is 1. The number of nitrogens with one attached hydrogen (secondary N) is 1. The van der Waals surface area contributed by atoms with Gasteiger partial charge in [-0.25, -0.2) is 0 Å². The monoisotopic (exact) mass is 191 g/mol. The van der Waals surface area contributed by atoms with Gasteiger partial charge >= 0.3 is 0 Å². The standard InChI is InChI=1S/C10H13N3O/c1-11-4-5-13-7-8-2-3-9(14)6-10(8)12-13/h2-3,6-7,11,14H,4-5H2,1H3. The molecule has 14 heavy (non-hydrogen) atoms. The summed E-state index contributed by atoms with van der Waals surface area (Å²) in [5.41, 5.74) is 0.834. The van der Waals surface area contributed by atoms with Gasteiger partial charge in [-0.15, -0.1) is 0 Å². The number of phenolic OH excluding ortho intramolecular Hbond substituents is 1. The molecule has 4 nitrogen and oxygen atoms in total. The van der Waals surface area contributed by atoms with E-state index in [2.05, 4.69) is 10.4 Å². The van der Waals surface area contributed by atoms with Gasteiger partial charge in [-0.05, 0) is 19.2 Å². The summed E-state index contributed by atoms with van der Waals surface area (Å²) in [6.45, 7) is 1.73. The van der Waals surface area contributed by atoms with Crippen molar-refractivity contribution >= 4 is 10.9 Å². The highest BCUT2D eigenvalue weighted by molar-refractivity contribution is 5.79. The van der Waals surface area contributed by atoms with Crippen LogP contribution in [0.5, 0.6) is 5.75 Å². The van der Waals surface area contributed by atoms with E-state index in [4.69, 9.17) is 0 Å². The summed E-state index contributed by atoms with van der Waals surface area (Å²) in [5, 5.41) is 17.7. The molecular weight excluding hydrogens is 178 g/mol. The summed E-state index contributed by atoms with van der Waals surface area (Å²) in [5.74, 6) is 0.261. The van der Waals surface area contributed by atoms with Crippen LogP contribution < -0.4 is 5.32 Å². The molecule has 0 aliphatic carbocycles. The Kier molecular flexibility index (Phi) is 2.37. The van der Waals surface area contributed by atoms with Crippen LogP contribution in [-0.2, 0) is 6.54 Å². The summed E-state index contributed by atoms with van der Waals surface area (Å²) in [4.78, 5) is 0. The number of benzene rings is 1. The topological polar surface area (TPSA) is 50.1 Å². The molecule has 0 aliphatic rings. The molecule has 2 aromatic rings. The quantitative estimate of drug-likeness (QED) is 0.759. The van der Waals surface area contributed by atoms with E-state index >= 15 is 0 Å². The van der Waals surface area contributed by atoms with Crippen LogP contribution in [0.1, 0.15) is 0 Å². The van der Waals surface area contributed by atoms with Crippen molar-refractivity contribution < 1.29 is 5.11 Å². The molecule has 1 heterocycles. The Labute approximate surface area is 82.2 Å². The average Bonchev–Trinajstić information content (AvgIpc) is 2.56. The number of aromatic nitrogens is 2. The average molecular weight is 191 g/mol. The molecule has 0 saturated carbocycles. The predicted molar refractivity (Wildman–Crippen MR) is 55.3 cm³/mol. The highest BCUT2D eigenvalue weighted by Gasteiger charge is 2.00. The fourth-order valence-electron chi connectivity index (χ4n) is 1.40. The highest BCUT2D eigenvalue weighted by Crippen LogP contribution is 2.17. The van der Waals surface area contributed by atoms with Gasteiger partial charge in [0.2, 0.25) is 0 Å². The second kappa shape index (κ2) is 3.67. The maximum absolute atomic E-state index is 9.25. The molecule has 1 aromatic heterocycles. The Hall–Kier alpha value is -1.55. The largest absolute Gasteiger partial charge is 0.508 e. The molecule has 0 fully saturated rings. The van der Waals surface area contributed by atoms with Crippen LogP contribution in [0.25, 0.3) is 10.9 Å². The number of hydrogen-bond acceptors (Lipinski definition) is 3. The normalized spacial score (nSPS) is 10.9. The Balaban J connectivity index is 2.32. The van der Waals surface area contributed by atoms with Crippen molar-refractivity contribution in [2.45, 2.75) is 6.54 Å². The Morgan fingerprint density at radius 2 is 2.36 bits per heavy atom. The molecular formula is C10H13N3O. The zero-order valence-electron chi connectivity index (χ0n) is 8.07. The zero-order valence-corrected chi connectivity index (χ0v) is 8.07. The molecule has 2 rings (SSSR count). The van der Waals surface area contributed by atoms with Crippen LogP contribution in [0, 0.1) is 0 Å². The lowest BCUT2D eigenvalue weighted by molar-refractivity contribution is 0.476. The summed E-state index contributed by atoms with van der Waals surface area (Å²) >= 11 is 0. The van der Waals surface area contributed by atoms with E-state index in [0.29, 0.717) is 0 Å². The van der Waals surface area contributed by atoms with Crippen molar-refractivity contribution in [1.29, 1.82) is 0 Å². The molecule has 74 valence electrons. The number of nitrogens with zero attached hydrogens (tertiary/aromatic N) is 2. The van der Waals surface area contributed by atoms with Crippen LogP contribution in [0.2, 0.25) is 0 Å². The van der Waals surface area contributed by atoms with E-state index in [1.165, 1.54) is 0 Å². The van der Waals surface area contributed by atoms with Crippen LogP contribution in [0.3, 0.4) is 0 Å². The molecule has 0 radical (unpaired) electrons. The lowest BCUT2D eigenvalue weighted by Gasteiger charge is -1.97. The van der Waals surface area contributed by atoms with E-state index in [1.807, 2.05) is 24.0 Å². The number of likely N-dealkylation sites (N-methyl/N-ethyl adjacent to an activating group) is 1. The van der Waals surface area contributed by atoms with E-state index in [0.717, 1.165) is 24.0 Å². The van der Waals surface area contributed by atoms with Gasteiger partial charge in [0.05, 0.1) is 12.1 Å². The van der Waals surface area contributed by atoms with Gasteiger partial charge < -0.3 is 10.4 Å². The first-order valence-corrected chi connectivity index (χ1v) is 4.60. The second-order valence-corrected chi connectivity index (χ2v) is 3.24. The molecule has 0 atom stereocenters. The Bertz CT molecular complexity index is 436. The van der Waals surface area contributed by atoms with Crippen molar-refractivity contribution in [2.24, 2.45) is 0 Å². The van der Waals surface area contributed by atoms with Gasteiger partial charge in [0.1, 0.15) is 5.75 Å². The van der Waals surface area contributed by atoms with Crippen molar-refractivity contribution in [3.63, 3.8) is 0 Å². The number of rotatable bonds is 3. The second-order valence-electron chi connectivity index (χ2n) is 3.24. The first-order chi connectivity index (χ1) is 6.79. The fraction of sp³-hybridized carbons (Fsp3) is 0.300. The highest BCUT2D eigenvalue weighted by atomic mass is 16.3. The molecule has 0 aliphatic heterocycles. The molecule has 1 aromatic carbocycles. The zero-order chi connectivity index (χ0) is 9.97. The van der Waals surface area contributed by atoms with Crippen LogP contribution in [0.4, 0.5) is 0 Å². The predicted octanol–water partition coefficient (Wildman–Crippen LogP) is 0.961. The molecule has 4 heteroatoms. The minimum Gasteiger partial charge on any atom is -0.508 e. The van der Waals surface area contributed by atoms with Gasteiger partial charge in [0.15, 0.2) is 0 Å². The Morgan fingerprint density at radius 3 is 3.14 bits per heavy atom. The lowest BCUT2D eigenvalue weighted by Crippen LogP contribution is -2.14. The smallest absolute Gasteiger partial charge is 0.117 e. The molecule has 0 spiro atoms. The lowest BCUT2D eigenvalue weighted by atomic mass is 10.2. The van der Waals surface area contributed by atoms with Gasteiger partial charge in [-0.1, -0.05) is 0 Å². The minimum absolute atomic E-state index is 0.261. The van der Waals surface area contributed by atoms with Crippen molar-refractivity contribution in [3.8, 4) is 5.75 Å². The Morgan fingerprint density at radius 1 is 1.50 bits per heavy atom. The first-order valence-electron chi connectivity index (χ1n) is 4.60. The summed E-state index contributed by atoms with van der Waals surface area (Å²) < 4.78 is 1.88. The summed E-state index contributed by atoms with van der Waals surface area (Å²) in [7, 11) is 1.91. The van der Waals surface area contributed by atoms with Crippen LogP contribution in [-0.4, -0.2) is 28.5 Å². The van der Waals surface area contributed by atoms with Crippen LogP contribution in [0.15, 0.2) is 24.4 Å². The van der Waals surface area contributed by atoms with Crippen LogP contribution >= 0.6 is 0 Å². The molecule has 2 N–H and O–H groups in total. The molecule has 0 unspecified atom stereocenters. The minimum atomic E-state index is 0.261. The maximum atomic E-state index is 9.25. The SMILES string of the molecule is CNCCn1cc2ccc(O)cc2n1. The molecule has 0 bridgehead atoms. The third kappa shape index (κ3) is 1.70. The van der Waals surface area contributed by atoms with Gasteiger partial charge in [-0.3, -0.25) is 4.68 Å². The van der Waals surface area contributed by atoms with Gasteiger partial charge in [0, 0.05) is 24.2 Å². The number of aromatic hydroxyl groups is 1. The van der Waals surface area contributed by atoms with E-state index in [1.54, 1.807) is 12.1 Å². The third-order valence-corrected chi connectivity index (χ3v) is 2.13. The van der Waals surface area contributed by atoms with E-state index < -0.39 is 0 Å². The number of hydrogen-bond donors (Lipinski definition) is 2. The summed E-state index contributed by atoms with van der Waals surface area (Å²) in [6.07, 6.45) is 1.98. The molecule has 0 saturated heterocycles. The van der Waals surface area contributed by atoms with Gasteiger partial charge in [-0.2, -0.15) is 5.10 Å². The number of fused-ring (bicyclic) bond motifs is 1. The van der Waals surface area contributed by atoms with E-state index in [-0.39, 0.29) is 5.75 Å². The van der Waals surface area contributed by atoms with Gasteiger partial charge in [0.25, 0.3) is 0 Å². The first kappa shape index (κ1) is 9.02. The molecule has 0 amide bonds. The van der Waals surface area contributed by atoms with Crippen molar-refractivity contribution in [1.82, 2.24) is 15.1 Å². The summed E-state index contributed by atoms with van der Waals surface area (Å²) in [6, 6.07) is 5.21. The van der Waals surface area contributed by atoms with E-state index in [9.17, 15) is 5.11 Å². The van der Waals surface area contributed by atoms with Crippen molar-refractivity contribution in [3.05, 3.63) is 24.4 Å².